The Kier molecular flexibility index (Phi) is 5.87. The molecule has 168 valence electrons. The zero-order chi connectivity index (χ0) is 23.0. The lowest BCUT2D eigenvalue weighted by Crippen LogP contribution is -2.50. The minimum Gasteiger partial charge on any atom is -0.335 e. The van der Waals surface area contributed by atoms with Crippen LogP contribution >= 0.6 is 0 Å². The molecule has 1 aliphatic heterocycles. The van der Waals surface area contributed by atoms with E-state index in [0.29, 0.717) is 23.7 Å². The zero-order valence-corrected chi connectivity index (χ0v) is 19.6. The fraction of sp³-hybridized carbons (Fsp3) is 0.348. The molecule has 1 amide bonds. The van der Waals surface area contributed by atoms with Crippen molar-refractivity contribution in [2.45, 2.75) is 32.6 Å². The summed E-state index contributed by atoms with van der Waals surface area (Å²) < 4.78 is 28.1. The number of rotatable bonds is 4. The molecule has 0 bridgehead atoms. The second-order valence-corrected chi connectivity index (χ2v) is 10.1. The Labute approximate surface area is 188 Å². The van der Waals surface area contributed by atoms with E-state index in [1.165, 1.54) is 9.10 Å². The van der Waals surface area contributed by atoms with Crippen molar-refractivity contribution < 1.29 is 13.2 Å². The summed E-state index contributed by atoms with van der Waals surface area (Å²) in [7, 11) is -3.63. The molecular formula is C23H27N5O3S. The Morgan fingerprint density at radius 2 is 1.47 bits per heavy atom. The zero-order valence-electron chi connectivity index (χ0n) is 18.7. The smallest absolute Gasteiger partial charge is 0.276 e. The first-order valence-electron chi connectivity index (χ1n) is 10.5. The molecule has 0 N–H and O–H groups in total. The number of carbonyl (C=O) groups is 1. The number of aryl methyl sites for hydroxylation is 4. The number of carbonyl (C=O) groups excluding carboxylic acids is 1. The van der Waals surface area contributed by atoms with Crippen LogP contribution in [0.15, 0.2) is 47.4 Å². The Morgan fingerprint density at radius 3 is 2.06 bits per heavy atom. The first-order valence-corrected chi connectivity index (χ1v) is 12.0. The van der Waals surface area contributed by atoms with E-state index in [4.69, 9.17) is 0 Å². The molecule has 1 aliphatic rings. The number of piperazine rings is 1. The molecule has 0 atom stereocenters. The van der Waals surface area contributed by atoms with Crippen molar-refractivity contribution in [2.75, 3.05) is 26.2 Å². The molecule has 8 nitrogen and oxygen atoms in total. The van der Waals surface area contributed by atoms with E-state index in [9.17, 15) is 13.2 Å². The number of amides is 1. The molecule has 1 saturated heterocycles. The van der Waals surface area contributed by atoms with Crippen LogP contribution in [0.5, 0.6) is 0 Å². The van der Waals surface area contributed by atoms with Crippen LogP contribution in [0.4, 0.5) is 0 Å². The third-order valence-electron chi connectivity index (χ3n) is 5.70. The van der Waals surface area contributed by atoms with Gasteiger partial charge >= 0.3 is 0 Å². The van der Waals surface area contributed by atoms with Crippen LogP contribution < -0.4 is 0 Å². The van der Waals surface area contributed by atoms with Crippen LogP contribution in [0.2, 0.25) is 0 Å². The highest BCUT2D eigenvalue weighted by molar-refractivity contribution is 7.89. The number of hydrogen-bond donors (Lipinski definition) is 0. The molecule has 2 heterocycles. The van der Waals surface area contributed by atoms with Gasteiger partial charge in [-0.25, -0.2) is 8.42 Å². The number of hydrogen-bond acceptors (Lipinski definition) is 5. The maximum Gasteiger partial charge on any atom is 0.276 e. The Hall–Kier alpha value is -3.04. The Bertz CT molecular complexity index is 1240. The third kappa shape index (κ3) is 4.05. The predicted molar refractivity (Wildman–Crippen MR) is 121 cm³/mol. The van der Waals surface area contributed by atoms with Gasteiger partial charge in [0.1, 0.15) is 0 Å². The van der Waals surface area contributed by atoms with Gasteiger partial charge in [-0.05, 0) is 51.0 Å². The van der Waals surface area contributed by atoms with Gasteiger partial charge in [0.2, 0.25) is 10.0 Å². The molecule has 3 aromatic rings. The van der Waals surface area contributed by atoms with Crippen LogP contribution in [-0.2, 0) is 10.0 Å². The minimum atomic E-state index is -3.63. The molecule has 9 heteroatoms. The van der Waals surface area contributed by atoms with Gasteiger partial charge in [0.05, 0.1) is 16.3 Å². The first-order chi connectivity index (χ1) is 15.2. The van der Waals surface area contributed by atoms with Crippen molar-refractivity contribution in [2.24, 2.45) is 0 Å². The lowest BCUT2D eigenvalue weighted by atomic mass is 10.1. The van der Waals surface area contributed by atoms with Gasteiger partial charge in [-0.2, -0.15) is 14.2 Å². The summed E-state index contributed by atoms with van der Waals surface area (Å²) in [4.78, 5) is 16.5. The van der Waals surface area contributed by atoms with Gasteiger partial charge in [0.15, 0.2) is 5.69 Å². The summed E-state index contributed by atoms with van der Waals surface area (Å²) in [6.45, 7) is 8.45. The molecule has 4 rings (SSSR count). The number of aromatic nitrogens is 3. The van der Waals surface area contributed by atoms with Crippen LogP contribution in [-0.4, -0.2) is 64.7 Å². The molecule has 32 heavy (non-hydrogen) atoms. The molecular weight excluding hydrogens is 426 g/mol. The van der Waals surface area contributed by atoms with Crippen LogP contribution in [0.3, 0.4) is 0 Å². The average molecular weight is 454 g/mol. The second-order valence-electron chi connectivity index (χ2n) is 8.18. The Morgan fingerprint density at radius 1 is 0.875 bits per heavy atom. The monoisotopic (exact) mass is 453 g/mol. The van der Waals surface area contributed by atoms with E-state index in [0.717, 1.165) is 22.4 Å². The number of para-hydroxylation sites is 1. The first kappa shape index (κ1) is 22.2. The van der Waals surface area contributed by atoms with Crippen molar-refractivity contribution in [1.82, 2.24) is 24.2 Å². The molecule has 1 fully saturated rings. The highest BCUT2D eigenvalue weighted by Crippen LogP contribution is 2.26. The minimum absolute atomic E-state index is 0.232. The van der Waals surface area contributed by atoms with Crippen molar-refractivity contribution >= 4 is 15.9 Å². The summed E-state index contributed by atoms with van der Waals surface area (Å²) in [6.07, 6.45) is 0. The van der Waals surface area contributed by atoms with Gasteiger partial charge in [-0.15, -0.1) is 5.10 Å². The lowest BCUT2D eigenvalue weighted by molar-refractivity contribution is 0.0690. The maximum atomic E-state index is 13.3. The van der Waals surface area contributed by atoms with Gasteiger partial charge in [-0.1, -0.05) is 35.9 Å². The van der Waals surface area contributed by atoms with Crippen LogP contribution in [0, 0.1) is 27.7 Å². The highest BCUT2D eigenvalue weighted by atomic mass is 32.2. The Balaban J connectivity index is 1.50. The quantitative estimate of drug-likeness (QED) is 0.606. The van der Waals surface area contributed by atoms with Crippen molar-refractivity contribution in [1.29, 1.82) is 0 Å². The van der Waals surface area contributed by atoms with Gasteiger partial charge in [0, 0.05) is 26.2 Å². The molecule has 0 aliphatic carbocycles. The van der Waals surface area contributed by atoms with Crippen molar-refractivity contribution in [3.63, 3.8) is 0 Å². The number of sulfonamides is 1. The summed E-state index contributed by atoms with van der Waals surface area (Å²) >= 11 is 0. The fourth-order valence-electron chi connectivity index (χ4n) is 4.24. The van der Waals surface area contributed by atoms with Crippen LogP contribution in [0.1, 0.15) is 32.9 Å². The third-order valence-corrected chi connectivity index (χ3v) is 7.91. The van der Waals surface area contributed by atoms with Gasteiger partial charge < -0.3 is 4.90 Å². The molecule has 0 saturated carbocycles. The molecule has 2 aromatic carbocycles. The topological polar surface area (TPSA) is 88.4 Å². The average Bonchev–Trinajstić information content (AvgIpc) is 3.14. The lowest BCUT2D eigenvalue weighted by Gasteiger charge is -2.34. The van der Waals surface area contributed by atoms with E-state index >= 15 is 0 Å². The molecule has 0 radical (unpaired) electrons. The standard InChI is InChI=1S/C23H27N5O3S/c1-16-14-17(2)22(18(3)15-16)32(30,31)27-12-10-26(11-13-27)23(29)21-19(4)24-28(25-21)20-8-6-5-7-9-20/h5-9,14-15H,10-13H2,1-4H3. The normalized spacial score (nSPS) is 15.2. The van der Waals surface area contributed by atoms with E-state index in [1.54, 1.807) is 11.8 Å². The van der Waals surface area contributed by atoms with E-state index in [2.05, 4.69) is 10.2 Å². The van der Waals surface area contributed by atoms with Crippen molar-refractivity contribution in [3.05, 3.63) is 70.5 Å². The molecule has 0 spiro atoms. The van der Waals surface area contributed by atoms with E-state index in [1.807, 2.05) is 63.2 Å². The second kappa shape index (κ2) is 8.48. The largest absolute Gasteiger partial charge is 0.335 e. The summed E-state index contributed by atoms with van der Waals surface area (Å²) in [5.74, 6) is -0.232. The number of benzene rings is 2. The fourth-order valence-corrected chi connectivity index (χ4v) is 6.07. The van der Waals surface area contributed by atoms with E-state index in [-0.39, 0.29) is 24.7 Å². The summed E-state index contributed by atoms with van der Waals surface area (Å²) in [5.41, 5.74) is 4.13. The van der Waals surface area contributed by atoms with Gasteiger partial charge in [0.25, 0.3) is 5.91 Å². The molecule has 0 unspecified atom stereocenters. The maximum absolute atomic E-state index is 13.3. The summed E-state index contributed by atoms with van der Waals surface area (Å²) in [6, 6.07) is 13.2. The number of nitrogens with zero attached hydrogens (tertiary/aromatic N) is 5. The molecule has 1 aromatic heterocycles. The van der Waals surface area contributed by atoms with Crippen LogP contribution in [0.25, 0.3) is 5.69 Å². The van der Waals surface area contributed by atoms with Crippen molar-refractivity contribution in [3.8, 4) is 5.69 Å². The van der Waals surface area contributed by atoms with Gasteiger partial charge in [-0.3, -0.25) is 4.79 Å². The SMILES string of the molecule is Cc1cc(C)c(S(=O)(=O)N2CCN(C(=O)c3nn(-c4ccccc4)nc3C)CC2)c(C)c1. The van der Waals surface area contributed by atoms with E-state index < -0.39 is 10.0 Å². The summed E-state index contributed by atoms with van der Waals surface area (Å²) in [5, 5.41) is 8.75. The highest BCUT2D eigenvalue weighted by Gasteiger charge is 2.33. The predicted octanol–water partition coefficient (Wildman–Crippen LogP) is 2.65.